The molecule has 0 unspecified atom stereocenters. The predicted molar refractivity (Wildman–Crippen MR) is 91.1 cm³/mol. The summed E-state index contributed by atoms with van der Waals surface area (Å²) in [6, 6.07) is 8.28. The smallest absolute Gasteiger partial charge is 0.315 e. The Morgan fingerprint density at radius 3 is 2.64 bits per heavy atom. The van der Waals surface area contributed by atoms with Gasteiger partial charge in [0.2, 0.25) is 0 Å². The number of hydrogen-bond donors (Lipinski definition) is 2. The van der Waals surface area contributed by atoms with Crippen molar-refractivity contribution in [1.29, 1.82) is 0 Å². The zero-order chi connectivity index (χ0) is 16.1. The molecule has 0 aliphatic rings. The number of carbonyl (C=O) groups is 1. The molecule has 0 aromatic carbocycles. The van der Waals surface area contributed by atoms with Crippen molar-refractivity contribution >= 4 is 17.4 Å². The van der Waals surface area contributed by atoms with Crippen molar-refractivity contribution in [2.75, 3.05) is 20.6 Å². The number of aryl methyl sites for hydroxylation is 1. The third-order valence-electron chi connectivity index (χ3n) is 3.86. The Kier molecular flexibility index (Phi) is 5.63. The van der Waals surface area contributed by atoms with E-state index < -0.39 is 0 Å². The van der Waals surface area contributed by atoms with Crippen molar-refractivity contribution in [2.45, 2.75) is 19.5 Å². The molecule has 2 aromatic heterocycles. The number of rotatable bonds is 6. The molecule has 0 radical (unpaired) electrons. The van der Waals surface area contributed by atoms with Gasteiger partial charge in [-0.3, -0.25) is 0 Å². The summed E-state index contributed by atoms with van der Waals surface area (Å²) in [6.07, 6.45) is 0. The Balaban J connectivity index is 1.83. The second-order valence-electron chi connectivity index (χ2n) is 5.58. The van der Waals surface area contributed by atoms with Crippen LogP contribution >= 0.6 is 11.3 Å². The summed E-state index contributed by atoms with van der Waals surface area (Å²) in [5.41, 5.74) is 2.28. The lowest BCUT2D eigenvalue weighted by Gasteiger charge is -2.23. The Morgan fingerprint density at radius 1 is 1.32 bits per heavy atom. The lowest BCUT2D eigenvalue weighted by Crippen LogP contribution is -2.40. The van der Waals surface area contributed by atoms with E-state index in [9.17, 15) is 4.79 Å². The monoisotopic (exact) mass is 320 g/mol. The van der Waals surface area contributed by atoms with Crippen LogP contribution < -0.4 is 10.6 Å². The lowest BCUT2D eigenvalue weighted by atomic mass is 10.2. The summed E-state index contributed by atoms with van der Waals surface area (Å²) in [7, 11) is 6.05. The second-order valence-corrected chi connectivity index (χ2v) is 6.56. The SMILES string of the molecule is Cc1ccc(CNC(=O)NC[C@H](c2cccs2)N(C)C)n1C. The van der Waals surface area contributed by atoms with Crippen LogP contribution in [0, 0.1) is 6.92 Å². The number of hydrogen-bond acceptors (Lipinski definition) is 3. The summed E-state index contributed by atoms with van der Waals surface area (Å²) in [6.45, 7) is 3.17. The van der Waals surface area contributed by atoms with Gasteiger partial charge in [-0.2, -0.15) is 0 Å². The summed E-state index contributed by atoms with van der Waals surface area (Å²) < 4.78 is 2.08. The molecule has 22 heavy (non-hydrogen) atoms. The summed E-state index contributed by atoms with van der Waals surface area (Å²) in [4.78, 5) is 15.4. The minimum atomic E-state index is -0.137. The van der Waals surface area contributed by atoms with E-state index >= 15 is 0 Å². The maximum atomic E-state index is 12.0. The van der Waals surface area contributed by atoms with Gasteiger partial charge in [0.05, 0.1) is 12.6 Å². The minimum absolute atomic E-state index is 0.137. The number of nitrogens with zero attached hydrogens (tertiary/aromatic N) is 2. The topological polar surface area (TPSA) is 49.3 Å². The van der Waals surface area contributed by atoms with E-state index in [1.54, 1.807) is 11.3 Å². The number of likely N-dealkylation sites (N-methyl/N-ethyl adjacent to an activating group) is 1. The number of thiophene rings is 1. The van der Waals surface area contributed by atoms with E-state index in [4.69, 9.17) is 0 Å². The van der Waals surface area contributed by atoms with E-state index in [1.165, 1.54) is 10.6 Å². The maximum Gasteiger partial charge on any atom is 0.315 e. The van der Waals surface area contributed by atoms with Crippen molar-refractivity contribution < 1.29 is 4.79 Å². The third kappa shape index (κ3) is 4.11. The van der Waals surface area contributed by atoms with Gasteiger partial charge in [0.1, 0.15) is 0 Å². The largest absolute Gasteiger partial charge is 0.350 e. The molecule has 0 saturated carbocycles. The standard InChI is InChI=1S/C16H24N4OS/c1-12-7-8-13(20(12)4)10-17-16(21)18-11-14(19(2)3)15-6-5-9-22-15/h5-9,14H,10-11H2,1-4H3,(H2,17,18,21)/t14-/m1/s1. The molecule has 120 valence electrons. The molecular formula is C16H24N4OS. The molecule has 0 aliphatic carbocycles. The molecular weight excluding hydrogens is 296 g/mol. The number of nitrogens with one attached hydrogen (secondary N) is 2. The average molecular weight is 320 g/mol. The highest BCUT2D eigenvalue weighted by atomic mass is 32.1. The van der Waals surface area contributed by atoms with E-state index in [0.717, 1.165) is 5.69 Å². The molecule has 0 fully saturated rings. The molecule has 0 aliphatic heterocycles. The fourth-order valence-corrected chi connectivity index (χ4v) is 3.21. The fourth-order valence-electron chi connectivity index (χ4n) is 2.29. The zero-order valence-electron chi connectivity index (χ0n) is 13.6. The van der Waals surface area contributed by atoms with Crippen molar-refractivity contribution in [3.8, 4) is 0 Å². The van der Waals surface area contributed by atoms with Crippen molar-refractivity contribution in [3.63, 3.8) is 0 Å². The molecule has 2 amide bonds. The normalized spacial score (nSPS) is 12.4. The van der Waals surface area contributed by atoms with E-state index in [-0.39, 0.29) is 12.1 Å². The van der Waals surface area contributed by atoms with Gasteiger partial charge in [0.25, 0.3) is 0 Å². The number of aromatic nitrogens is 1. The molecule has 0 spiro atoms. The van der Waals surface area contributed by atoms with Crippen LogP contribution in [0.3, 0.4) is 0 Å². The molecule has 2 aromatic rings. The van der Waals surface area contributed by atoms with Gasteiger partial charge in [-0.25, -0.2) is 4.79 Å². The lowest BCUT2D eigenvalue weighted by molar-refractivity contribution is 0.232. The van der Waals surface area contributed by atoms with Gasteiger partial charge in [0.15, 0.2) is 0 Å². The van der Waals surface area contributed by atoms with Crippen LogP contribution in [0.2, 0.25) is 0 Å². The van der Waals surface area contributed by atoms with Gasteiger partial charge in [0, 0.05) is 29.9 Å². The molecule has 2 N–H and O–H groups in total. The molecule has 0 saturated heterocycles. The third-order valence-corrected chi connectivity index (χ3v) is 4.83. The van der Waals surface area contributed by atoms with Gasteiger partial charge in [-0.15, -0.1) is 11.3 Å². The average Bonchev–Trinajstić information content (AvgIpc) is 3.09. The Bertz CT molecular complexity index is 604. The van der Waals surface area contributed by atoms with Crippen LogP contribution in [-0.4, -0.2) is 36.1 Å². The van der Waals surface area contributed by atoms with Gasteiger partial charge in [-0.1, -0.05) is 6.07 Å². The van der Waals surface area contributed by atoms with Crippen LogP contribution in [0.4, 0.5) is 4.79 Å². The van der Waals surface area contributed by atoms with Crippen LogP contribution in [0.25, 0.3) is 0 Å². The van der Waals surface area contributed by atoms with Crippen LogP contribution in [0.5, 0.6) is 0 Å². The van der Waals surface area contributed by atoms with Gasteiger partial charge >= 0.3 is 6.03 Å². The van der Waals surface area contributed by atoms with Crippen LogP contribution in [0.1, 0.15) is 22.3 Å². The summed E-state index contributed by atoms with van der Waals surface area (Å²) in [5, 5.41) is 7.92. The first-order valence-electron chi connectivity index (χ1n) is 7.31. The van der Waals surface area contributed by atoms with E-state index in [0.29, 0.717) is 13.1 Å². The summed E-state index contributed by atoms with van der Waals surface area (Å²) >= 11 is 1.71. The van der Waals surface area contributed by atoms with Crippen molar-refractivity contribution in [2.24, 2.45) is 7.05 Å². The van der Waals surface area contributed by atoms with Crippen molar-refractivity contribution in [3.05, 3.63) is 45.9 Å². The maximum absolute atomic E-state index is 12.0. The highest BCUT2D eigenvalue weighted by molar-refractivity contribution is 7.10. The first-order chi connectivity index (χ1) is 10.5. The van der Waals surface area contributed by atoms with Gasteiger partial charge in [-0.05, 0) is 44.6 Å². The Labute approximate surface area is 135 Å². The highest BCUT2D eigenvalue weighted by Crippen LogP contribution is 2.22. The van der Waals surface area contributed by atoms with Crippen molar-refractivity contribution in [1.82, 2.24) is 20.1 Å². The number of amides is 2. The first kappa shape index (κ1) is 16.6. The molecule has 2 rings (SSSR count). The number of carbonyl (C=O) groups excluding carboxylic acids is 1. The molecule has 2 heterocycles. The molecule has 6 heteroatoms. The van der Waals surface area contributed by atoms with E-state index in [1.807, 2.05) is 46.3 Å². The van der Waals surface area contributed by atoms with Gasteiger partial charge < -0.3 is 20.1 Å². The predicted octanol–water partition coefficient (Wildman–Crippen LogP) is 2.50. The summed E-state index contributed by atoms with van der Waals surface area (Å²) in [5.74, 6) is 0. The highest BCUT2D eigenvalue weighted by Gasteiger charge is 2.16. The zero-order valence-corrected chi connectivity index (χ0v) is 14.4. The molecule has 0 bridgehead atoms. The fraction of sp³-hybridized carbons (Fsp3) is 0.438. The van der Waals surface area contributed by atoms with E-state index in [2.05, 4.69) is 31.5 Å². The van der Waals surface area contributed by atoms with Crippen LogP contribution in [0.15, 0.2) is 29.6 Å². The van der Waals surface area contributed by atoms with Crippen LogP contribution in [-0.2, 0) is 13.6 Å². The quantitative estimate of drug-likeness (QED) is 0.859. The molecule has 1 atom stereocenters. The second kappa shape index (κ2) is 7.47. The number of urea groups is 1. The first-order valence-corrected chi connectivity index (χ1v) is 8.19. The Morgan fingerprint density at radius 2 is 2.09 bits per heavy atom. The Hall–Kier alpha value is -1.79. The minimum Gasteiger partial charge on any atom is -0.350 e. The molecule has 5 nitrogen and oxygen atoms in total.